The van der Waals surface area contributed by atoms with Gasteiger partial charge < -0.3 is 26.2 Å². The molecule has 0 aromatic heterocycles. The van der Waals surface area contributed by atoms with Crippen molar-refractivity contribution in [1.29, 1.82) is 0 Å². The minimum Gasteiger partial charge on any atom is -0.508 e. The lowest BCUT2D eigenvalue weighted by molar-refractivity contribution is -0.147. The molecule has 2 unspecified atom stereocenters. The Bertz CT molecular complexity index is 1230. The number of Topliss-reactive ketones (excluding diaryl/α,β-unsaturated/α-hetero) is 2. The van der Waals surface area contributed by atoms with Gasteiger partial charge in [0.2, 0.25) is 5.78 Å². The van der Waals surface area contributed by atoms with Crippen molar-refractivity contribution in [2.24, 2.45) is 17.6 Å². The zero-order chi connectivity index (χ0) is 24.2. The minimum atomic E-state index is -2.56. The normalized spacial score (nSPS) is 26.4. The van der Waals surface area contributed by atoms with Crippen LogP contribution in [0.3, 0.4) is 0 Å². The van der Waals surface area contributed by atoms with Gasteiger partial charge in [-0.2, -0.15) is 0 Å². The molecule has 1 amide bonds. The first-order chi connectivity index (χ1) is 15.5. The molecular weight excluding hydrogens is 428 g/mol. The predicted octanol–water partition coefficient (Wildman–Crippen LogP) is 0.337. The van der Waals surface area contributed by atoms with Crippen LogP contribution in [-0.4, -0.2) is 69.0 Å². The molecule has 3 aliphatic carbocycles. The number of primary amides is 1. The Hall–Kier alpha value is -3.61. The van der Waals surface area contributed by atoms with Gasteiger partial charge in [0.1, 0.15) is 22.8 Å². The lowest BCUT2D eigenvalue weighted by atomic mass is 9.59. The van der Waals surface area contributed by atoms with Gasteiger partial charge in [-0.25, -0.2) is 0 Å². The van der Waals surface area contributed by atoms with E-state index in [-0.39, 0.29) is 36.1 Å². The molecule has 3 atom stereocenters. The lowest BCUT2D eigenvalue weighted by Crippen LogP contribution is -2.58. The van der Waals surface area contributed by atoms with E-state index >= 15 is 0 Å². The second-order valence-corrected chi connectivity index (χ2v) is 8.93. The number of nitrogens with zero attached hydrogens (tertiary/aromatic N) is 1. The quantitative estimate of drug-likeness (QED) is 0.317. The van der Waals surface area contributed by atoms with Gasteiger partial charge in [-0.1, -0.05) is 11.8 Å². The Morgan fingerprint density at radius 3 is 2.55 bits per heavy atom. The molecule has 9 heteroatoms. The van der Waals surface area contributed by atoms with Gasteiger partial charge >= 0.3 is 0 Å². The van der Waals surface area contributed by atoms with Crippen LogP contribution in [0, 0.1) is 23.7 Å². The summed E-state index contributed by atoms with van der Waals surface area (Å²) in [4.78, 5) is 39.4. The first-order valence-corrected chi connectivity index (χ1v) is 10.4. The molecule has 3 aliphatic rings. The van der Waals surface area contributed by atoms with Crippen molar-refractivity contribution in [1.82, 2.24) is 4.90 Å². The molecule has 0 saturated heterocycles. The molecule has 0 bridgehead atoms. The number of aliphatic hydroxyl groups excluding tert-OH is 2. The second-order valence-electron chi connectivity index (χ2n) is 8.93. The van der Waals surface area contributed by atoms with E-state index in [2.05, 4.69) is 11.8 Å². The van der Waals surface area contributed by atoms with Gasteiger partial charge in [-0.15, -0.1) is 0 Å². The highest BCUT2D eigenvalue weighted by molar-refractivity contribution is 6.22. The van der Waals surface area contributed by atoms with Gasteiger partial charge in [0.25, 0.3) is 5.91 Å². The zero-order valence-electron chi connectivity index (χ0n) is 18.2. The summed E-state index contributed by atoms with van der Waals surface area (Å²) in [5.41, 5.74) is 2.83. The maximum Gasteiger partial charge on any atom is 0.255 e. The highest BCUT2D eigenvalue weighted by Crippen LogP contribution is 2.52. The number of ketones is 2. The number of phenolic OH excluding ortho intramolecular Hbond substituents is 1. The number of fused-ring (bicyclic) bond motifs is 3. The maximum absolute atomic E-state index is 13.4. The van der Waals surface area contributed by atoms with E-state index in [1.807, 2.05) is 19.0 Å². The highest BCUT2D eigenvalue weighted by Gasteiger charge is 2.60. The number of hydrogen-bond acceptors (Lipinski definition) is 8. The number of rotatable bonds is 2. The monoisotopic (exact) mass is 452 g/mol. The van der Waals surface area contributed by atoms with Crippen LogP contribution in [0.25, 0.3) is 5.76 Å². The predicted molar refractivity (Wildman–Crippen MR) is 117 cm³/mol. The average Bonchev–Trinajstić information content (AvgIpc) is 2.71. The van der Waals surface area contributed by atoms with E-state index in [0.29, 0.717) is 17.7 Å². The second kappa shape index (κ2) is 7.76. The van der Waals surface area contributed by atoms with E-state index in [9.17, 15) is 34.8 Å². The Balaban J connectivity index is 1.88. The molecule has 9 nitrogen and oxygen atoms in total. The van der Waals surface area contributed by atoms with E-state index in [1.165, 1.54) is 6.07 Å². The summed E-state index contributed by atoms with van der Waals surface area (Å²) < 4.78 is 0. The Labute approximate surface area is 189 Å². The number of benzene rings is 1. The van der Waals surface area contributed by atoms with Crippen molar-refractivity contribution in [2.45, 2.75) is 24.9 Å². The van der Waals surface area contributed by atoms with E-state index in [4.69, 9.17) is 5.73 Å². The Kier molecular flexibility index (Phi) is 5.31. The summed E-state index contributed by atoms with van der Waals surface area (Å²) in [7, 11) is 3.74. The number of aromatic hydroxyl groups is 1. The maximum atomic E-state index is 13.4. The summed E-state index contributed by atoms with van der Waals surface area (Å²) in [6.07, 6.45) is -0.0323. The van der Waals surface area contributed by atoms with Crippen LogP contribution in [0.2, 0.25) is 0 Å². The minimum absolute atomic E-state index is 0.0405. The number of carbonyl (C=O) groups excluding carboxylic acids is 3. The van der Waals surface area contributed by atoms with Crippen LogP contribution in [0.5, 0.6) is 5.75 Å². The van der Waals surface area contributed by atoms with Crippen molar-refractivity contribution in [3.8, 4) is 17.6 Å². The van der Waals surface area contributed by atoms with Crippen LogP contribution in [0.4, 0.5) is 0 Å². The van der Waals surface area contributed by atoms with E-state index in [1.54, 1.807) is 6.07 Å². The smallest absolute Gasteiger partial charge is 0.255 e. The summed E-state index contributed by atoms with van der Waals surface area (Å²) in [5, 5.41) is 43.3. The third-order valence-electron chi connectivity index (χ3n) is 6.57. The SMILES string of the molecule is CN(C)CC#Cc1ccc(O)c2c1CC1CC3CC(=O)C(C(N)=O)=C(O)[C@@]3(O)C(=O)C1=C2O. The van der Waals surface area contributed by atoms with Gasteiger partial charge in [-0.05, 0) is 50.6 Å². The summed E-state index contributed by atoms with van der Waals surface area (Å²) >= 11 is 0. The molecule has 0 aliphatic heterocycles. The fourth-order valence-electron chi connectivity index (χ4n) is 5.03. The first kappa shape index (κ1) is 22.6. The van der Waals surface area contributed by atoms with Crippen LogP contribution >= 0.6 is 0 Å². The van der Waals surface area contributed by atoms with Gasteiger partial charge in [0.05, 0.1) is 12.1 Å². The molecular formula is C24H24N2O7. The molecule has 4 rings (SSSR count). The fourth-order valence-corrected chi connectivity index (χ4v) is 5.03. The molecule has 0 heterocycles. The third-order valence-corrected chi connectivity index (χ3v) is 6.57. The van der Waals surface area contributed by atoms with Crippen LogP contribution in [0.15, 0.2) is 29.0 Å². The lowest BCUT2D eigenvalue weighted by Gasteiger charge is -2.46. The number of amides is 1. The van der Waals surface area contributed by atoms with E-state index in [0.717, 1.165) is 0 Å². The van der Waals surface area contributed by atoms with Crippen molar-refractivity contribution < 1.29 is 34.8 Å². The standard InChI is InChI=1S/C24H24N2O7/c1-26(2)7-3-4-11-5-6-15(27)18-14(11)9-12-8-13-10-16(28)19(23(25)32)22(31)24(13,33)21(30)17(12)20(18)29/h5-6,12-13,27,29,31,33H,7-10H2,1-2H3,(H2,25,32)/t12?,13?,24-/m0/s1. The van der Waals surface area contributed by atoms with Crippen LogP contribution in [-0.2, 0) is 20.8 Å². The van der Waals surface area contributed by atoms with Crippen LogP contribution in [0.1, 0.15) is 29.5 Å². The molecule has 1 aromatic carbocycles. The van der Waals surface area contributed by atoms with Crippen molar-refractivity contribution in [3.63, 3.8) is 0 Å². The van der Waals surface area contributed by atoms with Crippen molar-refractivity contribution in [3.05, 3.63) is 45.7 Å². The summed E-state index contributed by atoms with van der Waals surface area (Å²) in [6, 6.07) is 3.00. The van der Waals surface area contributed by atoms with Crippen molar-refractivity contribution in [2.75, 3.05) is 20.6 Å². The molecule has 6 N–H and O–H groups in total. The number of hydrogen-bond donors (Lipinski definition) is 5. The number of aliphatic hydroxyl groups is 3. The zero-order valence-corrected chi connectivity index (χ0v) is 18.2. The number of phenols is 1. The highest BCUT2D eigenvalue weighted by atomic mass is 16.3. The molecule has 33 heavy (non-hydrogen) atoms. The van der Waals surface area contributed by atoms with Crippen molar-refractivity contribution >= 4 is 23.2 Å². The van der Waals surface area contributed by atoms with Gasteiger partial charge in [0, 0.05) is 23.5 Å². The first-order valence-electron chi connectivity index (χ1n) is 10.4. The molecule has 0 radical (unpaired) electrons. The number of carbonyl (C=O) groups is 3. The largest absolute Gasteiger partial charge is 0.508 e. The average molecular weight is 452 g/mol. The summed E-state index contributed by atoms with van der Waals surface area (Å²) in [6.45, 7) is 0.496. The molecule has 1 saturated carbocycles. The Morgan fingerprint density at radius 2 is 1.91 bits per heavy atom. The van der Waals surface area contributed by atoms with Gasteiger partial charge in [0.15, 0.2) is 11.4 Å². The third kappa shape index (κ3) is 3.30. The summed E-state index contributed by atoms with van der Waals surface area (Å²) in [5.74, 6) is -0.407. The molecule has 172 valence electrons. The fraction of sp³-hybridized carbons (Fsp3) is 0.375. The Morgan fingerprint density at radius 1 is 1.21 bits per heavy atom. The van der Waals surface area contributed by atoms with E-state index < -0.39 is 52.0 Å². The molecule has 1 fully saturated rings. The van der Waals surface area contributed by atoms with Crippen LogP contribution < -0.4 is 5.73 Å². The molecule has 1 aromatic rings. The topological polar surface area (TPSA) is 161 Å². The molecule has 0 spiro atoms. The van der Waals surface area contributed by atoms with Gasteiger partial charge in [-0.3, -0.25) is 19.3 Å². The number of nitrogens with two attached hydrogens (primary N) is 1.